The molecule has 0 unspecified atom stereocenters. The molecule has 0 saturated carbocycles. The minimum absolute atomic E-state index is 0.122. The lowest BCUT2D eigenvalue weighted by atomic mass is 10.1. The average molecular weight is 312 g/mol. The number of hydrogen-bond acceptors (Lipinski definition) is 5. The van der Waals surface area contributed by atoms with Crippen LogP contribution in [0.5, 0.6) is 5.75 Å². The van der Waals surface area contributed by atoms with Crippen LogP contribution >= 0.6 is 0 Å². The number of rotatable bonds is 6. The normalized spacial score (nSPS) is 10.3. The van der Waals surface area contributed by atoms with E-state index in [2.05, 4.69) is 15.3 Å². The number of nitrogens with zero attached hydrogens (tertiary/aromatic N) is 1. The van der Waals surface area contributed by atoms with E-state index >= 15 is 0 Å². The Morgan fingerprint density at radius 2 is 1.78 bits per heavy atom. The Bertz CT molecular complexity index is 681. The number of hydrogen-bond donors (Lipinski definition) is 1. The summed E-state index contributed by atoms with van der Waals surface area (Å²) in [6.07, 6.45) is 1.47. The molecule has 1 N–H and O–H groups in total. The molecule has 0 bridgehead atoms. The highest BCUT2D eigenvalue weighted by Crippen LogP contribution is 2.07. The van der Waals surface area contributed by atoms with Gasteiger partial charge in [-0.2, -0.15) is 5.10 Å². The first-order chi connectivity index (χ1) is 11.2. The van der Waals surface area contributed by atoms with E-state index in [0.29, 0.717) is 11.3 Å². The summed E-state index contributed by atoms with van der Waals surface area (Å²) in [6.45, 7) is -0.122. The largest absolute Gasteiger partial charge is 0.484 e. The molecule has 2 rings (SSSR count). The van der Waals surface area contributed by atoms with Crippen molar-refractivity contribution in [1.82, 2.24) is 5.43 Å². The highest BCUT2D eigenvalue weighted by Gasteiger charge is 2.03. The van der Waals surface area contributed by atoms with Gasteiger partial charge in [-0.3, -0.25) is 4.79 Å². The van der Waals surface area contributed by atoms with Gasteiger partial charge in [0, 0.05) is 0 Å². The fourth-order valence-corrected chi connectivity index (χ4v) is 1.70. The summed E-state index contributed by atoms with van der Waals surface area (Å²) in [4.78, 5) is 22.9. The van der Waals surface area contributed by atoms with Crippen molar-refractivity contribution in [1.29, 1.82) is 0 Å². The van der Waals surface area contributed by atoms with Gasteiger partial charge >= 0.3 is 5.97 Å². The van der Waals surface area contributed by atoms with Crippen LogP contribution in [-0.2, 0) is 9.53 Å². The van der Waals surface area contributed by atoms with Gasteiger partial charge in [0.05, 0.1) is 18.9 Å². The van der Waals surface area contributed by atoms with Crippen molar-refractivity contribution in [2.24, 2.45) is 5.10 Å². The Morgan fingerprint density at radius 1 is 1.09 bits per heavy atom. The van der Waals surface area contributed by atoms with Crippen molar-refractivity contribution in [3.05, 3.63) is 65.7 Å². The lowest BCUT2D eigenvalue weighted by molar-refractivity contribution is -0.123. The third kappa shape index (κ3) is 5.28. The lowest BCUT2D eigenvalue weighted by Gasteiger charge is -2.04. The summed E-state index contributed by atoms with van der Waals surface area (Å²) < 4.78 is 9.90. The third-order valence-electron chi connectivity index (χ3n) is 2.85. The summed E-state index contributed by atoms with van der Waals surface area (Å²) in [5.41, 5.74) is 3.55. The van der Waals surface area contributed by atoms with E-state index in [9.17, 15) is 9.59 Å². The van der Waals surface area contributed by atoms with Crippen LogP contribution in [0, 0.1) is 0 Å². The Labute approximate surface area is 133 Å². The number of carbonyl (C=O) groups excluding carboxylic acids is 2. The standard InChI is InChI=1S/C17H16N2O4/c1-22-17(21)14-9-7-13(8-10-14)11-18-19-16(20)12-23-15-5-3-2-4-6-15/h2-11H,12H2,1H3,(H,19,20). The minimum Gasteiger partial charge on any atom is -0.484 e. The summed E-state index contributed by atoms with van der Waals surface area (Å²) in [6, 6.07) is 15.7. The molecule has 6 nitrogen and oxygen atoms in total. The van der Waals surface area contributed by atoms with Gasteiger partial charge in [-0.05, 0) is 29.8 Å². The zero-order chi connectivity index (χ0) is 16.5. The molecule has 118 valence electrons. The number of esters is 1. The molecule has 1 amide bonds. The zero-order valence-electron chi connectivity index (χ0n) is 12.6. The summed E-state index contributed by atoms with van der Waals surface area (Å²) in [5.74, 6) is -0.152. The SMILES string of the molecule is COC(=O)c1ccc(C=NNC(=O)COc2ccccc2)cc1. The predicted octanol–water partition coefficient (Wildman–Crippen LogP) is 2.00. The van der Waals surface area contributed by atoms with E-state index in [1.807, 2.05) is 18.2 Å². The van der Waals surface area contributed by atoms with Crippen LogP contribution in [0.2, 0.25) is 0 Å². The molecule has 0 spiro atoms. The van der Waals surface area contributed by atoms with E-state index in [0.717, 1.165) is 5.56 Å². The average Bonchev–Trinajstić information content (AvgIpc) is 2.61. The van der Waals surface area contributed by atoms with Gasteiger partial charge in [0.15, 0.2) is 6.61 Å². The number of ether oxygens (including phenoxy) is 2. The van der Waals surface area contributed by atoms with Crippen LogP contribution in [0.1, 0.15) is 15.9 Å². The van der Waals surface area contributed by atoms with E-state index < -0.39 is 5.97 Å². The van der Waals surface area contributed by atoms with Gasteiger partial charge in [0.1, 0.15) is 5.75 Å². The van der Waals surface area contributed by atoms with E-state index in [4.69, 9.17) is 4.74 Å². The molecule has 6 heteroatoms. The second-order valence-corrected chi connectivity index (χ2v) is 4.51. The third-order valence-corrected chi connectivity index (χ3v) is 2.85. The smallest absolute Gasteiger partial charge is 0.337 e. The van der Waals surface area contributed by atoms with Gasteiger partial charge in [0.2, 0.25) is 0 Å². The van der Waals surface area contributed by atoms with Crippen molar-refractivity contribution in [3.63, 3.8) is 0 Å². The Balaban J connectivity index is 1.79. The topological polar surface area (TPSA) is 77.0 Å². The van der Waals surface area contributed by atoms with Gasteiger partial charge in [0.25, 0.3) is 5.91 Å². The molecule has 2 aromatic carbocycles. The second-order valence-electron chi connectivity index (χ2n) is 4.51. The summed E-state index contributed by atoms with van der Waals surface area (Å²) in [7, 11) is 1.32. The van der Waals surface area contributed by atoms with E-state index in [1.165, 1.54) is 13.3 Å². The maximum atomic E-state index is 11.6. The first kappa shape index (κ1) is 16.2. The molecular formula is C17H16N2O4. The van der Waals surface area contributed by atoms with Crippen LogP contribution in [0.4, 0.5) is 0 Å². The van der Waals surface area contributed by atoms with Gasteiger partial charge in [-0.25, -0.2) is 10.2 Å². The molecule has 0 atom stereocenters. The Morgan fingerprint density at radius 3 is 2.43 bits per heavy atom. The molecule has 0 fully saturated rings. The molecule has 0 aromatic heterocycles. The first-order valence-corrected chi connectivity index (χ1v) is 6.87. The minimum atomic E-state index is -0.403. The number of nitrogens with one attached hydrogen (secondary N) is 1. The van der Waals surface area contributed by atoms with Crippen molar-refractivity contribution >= 4 is 18.1 Å². The zero-order valence-corrected chi connectivity index (χ0v) is 12.6. The van der Waals surface area contributed by atoms with Gasteiger partial charge in [-0.1, -0.05) is 30.3 Å². The molecule has 0 aliphatic heterocycles. The summed E-state index contributed by atoms with van der Waals surface area (Å²) >= 11 is 0. The lowest BCUT2D eigenvalue weighted by Crippen LogP contribution is -2.24. The number of hydrazone groups is 1. The fraction of sp³-hybridized carbons (Fsp3) is 0.118. The van der Waals surface area contributed by atoms with Crippen molar-refractivity contribution < 1.29 is 19.1 Å². The molecule has 0 saturated heterocycles. The van der Waals surface area contributed by atoms with Crippen LogP contribution in [0.25, 0.3) is 0 Å². The highest BCUT2D eigenvalue weighted by molar-refractivity contribution is 5.90. The molecule has 2 aromatic rings. The molecule has 0 aliphatic carbocycles. The highest BCUT2D eigenvalue weighted by atomic mass is 16.5. The summed E-state index contributed by atoms with van der Waals surface area (Å²) in [5, 5.41) is 3.83. The molecular weight excluding hydrogens is 296 g/mol. The number of amides is 1. The second kappa shape index (κ2) is 8.33. The quantitative estimate of drug-likeness (QED) is 0.503. The molecule has 23 heavy (non-hydrogen) atoms. The van der Waals surface area contributed by atoms with E-state index in [-0.39, 0.29) is 12.5 Å². The number of benzene rings is 2. The predicted molar refractivity (Wildman–Crippen MR) is 85.5 cm³/mol. The van der Waals surface area contributed by atoms with Gasteiger partial charge < -0.3 is 9.47 Å². The Hall–Kier alpha value is -3.15. The number of para-hydroxylation sites is 1. The van der Waals surface area contributed by atoms with Crippen molar-refractivity contribution in [2.75, 3.05) is 13.7 Å². The maximum Gasteiger partial charge on any atom is 0.337 e. The van der Waals surface area contributed by atoms with Crippen molar-refractivity contribution in [3.8, 4) is 5.75 Å². The van der Waals surface area contributed by atoms with Crippen LogP contribution in [0.3, 0.4) is 0 Å². The van der Waals surface area contributed by atoms with Crippen LogP contribution in [0.15, 0.2) is 59.7 Å². The van der Waals surface area contributed by atoms with Crippen LogP contribution in [-0.4, -0.2) is 31.8 Å². The fourth-order valence-electron chi connectivity index (χ4n) is 1.70. The molecule has 0 aliphatic rings. The first-order valence-electron chi connectivity index (χ1n) is 6.87. The number of methoxy groups -OCH3 is 1. The molecule has 0 radical (unpaired) electrons. The van der Waals surface area contributed by atoms with Gasteiger partial charge in [-0.15, -0.1) is 0 Å². The van der Waals surface area contributed by atoms with E-state index in [1.54, 1.807) is 36.4 Å². The monoisotopic (exact) mass is 312 g/mol. The van der Waals surface area contributed by atoms with Crippen molar-refractivity contribution in [2.45, 2.75) is 0 Å². The number of carbonyl (C=O) groups is 2. The van der Waals surface area contributed by atoms with Crippen LogP contribution < -0.4 is 10.2 Å². The maximum absolute atomic E-state index is 11.6. The molecule has 0 heterocycles. The Kier molecular flexibility index (Phi) is 5.88.